The van der Waals surface area contributed by atoms with E-state index in [9.17, 15) is 4.79 Å². The number of Topliss-reactive ketones (excluding diaryl/α,β-unsaturated/α-hetero) is 1. The lowest BCUT2D eigenvalue weighted by atomic mass is 9.84. The zero-order valence-electron chi connectivity index (χ0n) is 12.3. The normalized spacial score (nSPS) is 22.0. The Morgan fingerprint density at radius 1 is 1.05 bits per heavy atom. The first-order chi connectivity index (χ1) is 9.83. The standard InChI is InChI=1S/C17H25NO2/c19-17(14-9-5-2-6-10-14)12-15-11-16(18-20-15)13-7-3-1-4-8-13/h11,13-14H,1-10,12H2. The van der Waals surface area contributed by atoms with Gasteiger partial charge in [-0.3, -0.25) is 4.79 Å². The van der Waals surface area contributed by atoms with Gasteiger partial charge in [-0.2, -0.15) is 0 Å². The number of carbonyl (C=O) groups is 1. The molecule has 2 fully saturated rings. The summed E-state index contributed by atoms with van der Waals surface area (Å²) in [4.78, 5) is 12.3. The fourth-order valence-electron chi connectivity index (χ4n) is 3.74. The van der Waals surface area contributed by atoms with E-state index >= 15 is 0 Å². The molecule has 2 aliphatic carbocycles. The Hall–Kier alpha value is -1.12. The van der Waals surface area contributed by atoms with Crippen molar-refractivity contribution in [2.45, 2.75) is 76.5 Å². The van der Waals surface area contributed by atoms with Crippen LogP contribution in [0.2, 0.25) is 0 Å². The molecule has 0 amide bonds. The Kier molecular flexibility index (Phi) is 4.54. The number of carbonyl (C=O) groups excluding carboxylic acids is 1. The van der Waals surface area contributed by atoms with Crippen LogP contribution in [-0.4, -0.2) is 10.9 Å². The summed E-state index contributed by atoms with van der Waals surface area (Å²) >= 11 is 0. The van der Waals surface area contributed by atoms with Gasteiger partial charge in [0, 0.05) is 17.9 Å². The average molecular weight is 275 g/mol. The number of hydrogen-bond donors (Lipinski definition) is 0. The molecule has 3 heteroatoms. The Morgan fingerprint density at radius 2 is 1.70 bits per heavy atom. The molecular formula is C17H25NO2. The maximum atomic E-state index is 12.3. The maximum absolute atomic E-state index is 12.3. The molecule has 0 N–H and O–H groups in total. The van der Waals surface area contributed by atoms with Crippen molar-refractivity contribution in [3.63, 3.8) is 0 Å². The van der Waals surface area contributed by atoms with Crippen LogP contribution >= 0.6 is 0 Å². The quantitative estimate of drug-likeness (QED) is 0.817. The van der Waals surface area contributed by atoms with Crippen LogP contribution in [0.15, 0.2) is 10.6 Å². The van der Waals surface area contributed by atoms with Crippen molar-refractivity contribution in [2.75, 3.05) is 0 Å². The Morgan fingerprint density at radius 3 is 2.40 bits per heavy atom. The second-order valence-electron chi connectivity index (χ2n) is 6.53. The summed E-state index contributed by atoms with van der Waals surface area (Å²) in [5, 5.41) is 4.21. The lowest BCUT2D eigenvalue weighted by molar-refractivity contribution is -0.123. The van der Waals surface area contributed by atoms with Crippen LogP contribution < -0.4 is 0 Å². The topological polar surface area (TPSA) is 43.1 Å². The van der Waals surface area contributed by atoms with E-state index in [0.717, 1.165) is 24.3 Å². The van der Waals surface area contributed by atoms with Crippen molar-refractivity contribution in [2.24, 2.45) is 5.92 Å². The highest BCUT2D eigenvalue weighted by Crippen LogP contribution is 2.32. The fourth-order valence-corrected chi connectivity index (χ4v) is 3.74. The number of ketones is 1. The van der Waals surface area contributed by atoms with Gasteiger partial charge in [0.15, 0.2) is 0 Å². The Balaban J connectivity index is 1.57. The number of aromatic nitrogens is 1. The Labute approximate surface area is 121 Å². The lowest BCUT2D eigenvalue weighted by Crippen LogP contribution is -2.19. The second kappa shape index (κ2) is 6.55. The summed E-state index contributed by atoms with van der Waals surface area (Å²) in [6, 6.07) is 2.04. The highest BCUT2D eigenvalue weighted by Gasteiger charge is 2.24. The Bertz CT molecular complexity index is 440. The van der Waals surface area contributed by atoms with Crippen molar-refractivity contribution in [3.05, 3.63) is 17.5 Å². The SMILES string of the molecule is O=C(Cc1cc(C2CCCCC2)no1)C1CCCCC1. The van der Waals surface area contributed by atoms with E-state index in [0.29, 0.717) is 18.1 Å². The largest absolute Gasteiger partial charge is 0.361 e. The van der Waals surface area contributed by atoms with Gasteiger partial charge in [0.05, 0.1) is 12.1 Å². The molecule has 0 unspecified atom stereocenters. The first-order valence-corrected chi connectivity index (χ1v) is 8.31. The van der Waals surface area contributed by atoms with E-state index in [1.54, 1.807) is 0 Å². The van der Waals surface area contributed by atoms with Gasteiger partial charge in [-0.05, 0) is 25.7 Å². The van der Waals surface area contributed by atoms with E-state index in [1.807, 2.05) is 6.07 Å². The van der Waals surface area contributed by atoms with Gasteiger partial charge < -0.3 is 4.52 Å². The first kappa shape index (κ1) is 13.8. The van der Waals surface area contributed by atoms with Crippen LogP contribution in [-0.2, 0) is 11.2 Å². The highest BCUT2D eigenvalue weighted by atomic mass is 16.5. The molecule has 0 atom stereocenters. The number of nitrogens with zero attached hydrogens (tertiary/aromatic N) is 1. The van der Waals surface area contributed by atoms with E-state index in [-0.39, 0.29) is 5.92 Å². The van der Waals surface area contributed by atoms with E-state index in [4.69, 9.17) is 4.52 Å². The molecule has 20 heavy (non-hydrogen) atoms. The molecule has 0 aromatic carbocycles. The molecule has 3 rings (SSSR count). The third kappa shape index (κ3) is 3.31. The molecule has 1 heterocycles. The molecule has 2 saturated carbocycles. The molecular weight excluding hydrogens is 250 g/mol. The average Bonchev–Trinajstić information content (AvgIpc) is 2.97. The van der Waals surface area contributed by atoms with E-state index in [1.165, 1.54) is 51.4 Å². The highest BCUT2D eigenvalue weighted by molar-refractivity contribution is 5.82. The lowest BCUT2D eigenvalue weighted by Gasteiger charge is -2.19. The predicted molar refractivity (Wildman–Crippen MR) is 77.6 cm³/mol. The molecule has 2 aliphatic rings. The number of hydrogen-bond acceptors (Lipinski definition) is 3. The first-order valence-electron chi connectivity index (χ1n) is 8.31. The minimum absolute atomic E-state index is 0.270. The van der Waals surface area contributed by atoms with Crippen LogP contribution in [0.25, 0.3) is 0 Å². The molecule has 0 aliphatic heterocycles. The summed E-state index contributed by atoms with van der Waals surface area (Å²) in [5.74, 6) is 1.97. The summed E-state index contributed by atoms with van der Waals surface area (Å²) in [5.41, 5.74) is 1.08. The zero-order chi connectivity index (χ0) is 13.8. The minimum atomic E-state index is 0.270. The van der Waals surface area contributed by atoms with Gasteiger partial charge in [-0.25, -0.2) is 0 Å². The summed E-state index contributed by atoms with van der Waals surface area (Å²) < 4.78 is 5.41. The number of rotatable bonds is 4. The van der Waals surface area contributed by atoms with E-state index < -0.39 is 0 Å². The van der Waals surface area contributed by atoms with E-state index in [2.05, 4.69) is 5.16 Å². The molecule has 0 bridgehead atoms. The van der Waals surface area contributed by atoms with Gasteiger partial charge >= 0.3 is 0 Å². The van der Waals surface area contributed by atoms with Gasteiger partial charge in [-0.15, -0.1) is 0 Å². The smallest absolute Gasteiger partial charge is 0.144 e. The molecule has 1 aromatic rings. The van der Waals surface area contributed by atoms with Gasteiger partial charge in [0.1, 0.15) is 11.5 Å². The van der Waals surface area contributed by atoms with Crippen LogP contribution in [0.4, 0.5) is 0 Å². The molecule has 0 spiro atoms. The van der Waals surface area contributed by atoms with Crippen LogP contribution in [0.3, 0.4) is 0 Å². The van der Waals surface area contributed by atoms with Gasteiger partial charge in [0.2, 0.25) is 0 Å². The van der Waals surface area contributed by atoms with Gasteiger partial charge in [0.25, 0.3) is 0 Å². The van der Waals surface area contributed by atoms with Crippen LogP contribution in [0.1, 0.15) is 81.6 Å². The van der Waals surface area contributed by atoms with Crippen molar-refractivity contribution >= 4 is 5.78 Å². The predicted octanol–water partition coefficient (Wildman–Crippen LogP) is 4.41. The van der Waals surface area contributed by atoms with Crippen molar-refractivity contribution in [3.8, 4) is 0 Å². The van der Waals surface area contributed by atoms with Crippen LogP contribution in [0, 0.1) is 5.92 Å². The molecule has 1 aromatic heterocycles. The fraction of sp³-hybridized carbons (Fsp3) is 0.765. The monoisotopic (exact) mass is 275 g/mol. The third-order valence-electron chi connectivity index (χ3n) is 5.01. The molecule has 0 saturated heterocycles. The van der Waals surface area contributed by atoms with Crippen molar-refractivity contribution in [1.29, 1.82) is 0 Å². The molecule has 0 radical (unpaired) electrons. The second-order valence-corrected chi connectivity index (χ2v) is 6.53. The van der Waals surface area contributed by atoms with Gasteiger partial charge in [-0.1, -0.05) is 43.7 Å². The minimum Gasteiger partial charge on any atom is -0.361 e. The summed E-state index contributed by atoms with van der Waals surface area (Å²) in [7, 11) is 0. The maximum Gasteiger partial charge on any atom is 0.144 e. The third-order valence-corrected chi connectivity index (χ3v) is 5.01. The molecule has 110 valence electrons. The summed E-state index contributed by atoms with van der Waals surface area (Å²) in [6.45, 7) is 0. The summed E-state index contributed by atoms with van der Waals surface area (Å²) in [6.07, 6.45) is 12.7. The van der Waals surface area contributed by atoms with Crippen molar-refractivity contribution in [1.82, 2.24) is 5.16 Å². The van der Waals surface area contributed by atoms with Crippen molar-refractivity contribution < 1.29 is 9.32 Å². The molecule has 3 nitrogen and oxygen atoms in total. The zero-order valence-corrected chi connectivity index (χ0v) is 12.3. The van der Waals surface area contributed by atoms with Crippen LogP contribution in [0.5, 0.6) is 0 Å².